The molecule has 0 aliphatic carbocycles. The van der Waals surface area contributed by atoms with Crippen LogP contribution in [0.4, 0.5) is 0 Å². The molecule has 1 N–H and O–H groups in total. The van der Waals surface area contributed by atoms with Gasteiger partial charge in [-0.2, -0.15) is 0 Å². The summed E-state index contributed by atoms with van der Waals surface area (Å²) in [5, 5.41) is 3.22. The Bertz CT molecular complexity index is 810. The predicted molar refractivity (Wildman–Crippen MR) is 95.5 cm³/mol. The van der Waals surface area contributed by atoms with Gasteiger partial charge in [0.2, 0.25) is 5.91 Å². The minimum Gasteiger partial charge on any atom is -0.408 e. The number of piperidine rings is 1. The number of nitrogens with one attached hydrogen (secondary N) is 1. The number of aryl methyl sites for hydroxylation is 1. The zero-order valence-electron chi connectivity index (χ0n) is 14.4. The highest BCUT2D eigenvalue weighted by atomic mass is 16.4. The molecule has 2 aromatic rings. The zero-order chi connectivity index (χ0) is 17.2. The van der Waals surface area contributed by atoms with Gasteiger partial charge < -0.3 is 9.73 Å². The van der Waals surface area contributed by atoms with E-state index in [-0.39, 0.29) is 11.7 Å². The molecule has 0 bridgehead atoms. The van der Waals surface area contributed by atoms with Gasteiger partial charge >= 0.3 is 5.76 Å². The number of hydrogen-bond donors (Lipinski definition) is 1. The van der Waals surface area contributed by atoms with Gasteiger partial charge in [-0.3, -0.25) is 14.3 Å². The van der Waals surface area contributed by atoms with Gasteiger partial charge in [0.1, 0.15) is 0 Å². The number of fused-ring (bicyclic) bond motifs is 2. The summed E-state index contributed by atoms with van der Waals surface area (Å²) in [7, 11) is 0. The van der Waals surface area contributed by atoms with Crippen molar-refractivity contribution in [3.8, 4) is 0 Å². The van der Waals surface area contributed by atoms with Crippen LogP contribution in [0.25, 0.3) is 11.1 Å². The second-order valence-corrected chi connectivity index (χ2v) is 7.15. The number of rotatable bonds is 5. The number of para-hydroxylation sites is 2. The SMILES string of the molecule is O=C(CCCn1c(=O)oc2ccccc21)N[C@@H]1CCN2CCCC[C@@H]12. The fourth-order valence-corrected chi connectivity index (χ4v) is 4.32. The van der Waals surface area contributed by atoms with Crippen molar-refractivity contribution in [3.63, 3.8) is 0 Å². The zero-order valence-corrected chi connectivity index (χ0v) is 14.4. The summed E-state index contributed by atoms with van der Waals surface area (Å²) in [5.74, 6) is -0.256. The van der Waals surface area contributed by atoms with Gasteiger partial charge in [-0.05, 0) is 44.4 Å². The average Bonchev–Trinajstić information content (AvgIpc) is 3.16. The van der Waals surface area contributed by atoms with Crippen molar-refractivity contribution in [2.24, 2.45) is 0 Å². The van der Waals surface area contributed by atoms with Crippen LogP contribution in [0.3, 0.4) is 0 Å². The Hall–Kier alpha value is -2.08. The molecular formula is C19H25N3O3. The molecule has 2 aliphatic rings. The summed E-state index contributed by atoms with van der Waals surface area (Å²) in [6.07, 6.45) is 5.88. The van der Waals surface area contributed by atoms with E-state index < -0.39 is 0 Å². The van der Waals surface area contributed by atoms with Crippen LogP contribution >= 0.6 is 0 Å². The lowest BCUT2D eigenvalue weighted by Gasteiger charge is -2.32. The third kappa shape index (κ3) is 3.35. The Morgan fingerprint density at radius 3 is 3.00 bits per heavy atom. The van der Waals surface area contributed by atoms with Gasteiger partial charge in [-0.25, -0.2) is 4.79 Å². The van der Waals surface area contributed by atoms with E-state index in [1.54, 1.807) is 10.6 Å². The van der Waals surface area contributed by atoms with Crippen LogP contribution in [0.2, 0.25) is 0 Å². The number of hydrogen-bond acceptors (Lipinski definition) is 4. The minimum atomic E-state index is -0.352. The van der Waals surface area contributed by atoms with Gasteiger partial charge in [-0.15, -0.1) is 0 Å². The van der Waals surface area contributed by atoms with E-state index in [2.05, 4.69) is 10.2 Å². The van der Waals surface area contributed by atoms with Crippen LogP contribution in [0.5, 0.6) is 0 Å². The maximum atomic E-state index is 12.3. The molecule has 6 heteroatoms. The largest absolute Gasteiger partial charge is 0.419 e. The molecule has 1 aromatic carbocycles. The summed E-state index contributed by atoms with van der Waals surface area (Å²) < 4.78 is 6.84. The molecule has 6 nitrogen and oxygen atoms in total. The van der Waals surface area contributed by atoms with Crippen molar-refractivity contribution in [2.45, 2.75) is 57.2 Å². The van der Waals surface area contributed by atoms with Crippen LogP contribution < -0.4 is 11.1 Å². The van der Waals surface area contributed by atoms with E-state index in [1.807, 2.05) is 18.2 Å². The Labute approximate surface area is 146 Å². The molecule has 134 valence electrons. The van der Waals surface area contributed by atoms with Crippen LogP contribution in [-0.2, 0) is 11.3 Å². The molecule has 0 unspecified atom stereocenters. The summed E-state index contributed by atoms with van der Waals surface area (Å²) in [5.41, 5.74) is 1.39. The lowest BCUT2D eigenvalue weighted by atomic mass is 9.99. The van der Waals surface area contributed by atoms with E-state index in [9.17, 15) is 9.59 Å². The number of amides is 1. The molecule has 1 aromatic heterocycles. The number of nitrogens with zero attached hydrogens (tertiary/aromatic N) is 2. The van der Waals surface area contributed by atoms with Crippen LogP contribution in [0, 0.1) is 0 Å². The lowest BCUT2D eigenvalue weighted by Crippen LogP contribution is -2.46. The van der Waals surface area contributed by atoms with Crippen molar-refractivity contribution >= 4 is 17.0 Å². The fourth-order valence-electron chi connectivity index (χ4n) is 4.32. The molecule has 25 heavy (non-hydrogen) atoms. The highest BCUT2D eigenvalue weighted by molar-refractivity contribution is 5.76. The normalized spacial score (nSPS) is 23.7. The molecule has 4 rings (SSSR count). The van der Waals surface area contributed by atoms with Gasteiger partial charge in [-0.1, -0.05) is 18.6 Å². The summed E-state index contributed by atoms with van der Waals surface area (Å²) in [6, 6.07) is 8.21. The molecule has 2 fully saturated rings. The highest BCUT2D eigenvalue weighted by Gasteiger charge is 2.35. The number of oxazole rings is 1. The van der Waals surface area contributed by atoms with E-state index >= 15 is 0 Å². The smallest absolute Gasteiger partial charge is 0.408 e. The second-order valence-electron chi connectivity index (χ2n) is 7.15. The van der Waals surface area contributed by atoms with Crippen LogP contribution in [0.15, 0.2) is 33.5 Å². The summed E-state index contributed by atoms with van der Waals surface area (Å²) in [4.78, 5) is 26.8. The molecular weight excluding hydrogens is 318 g/mol. The standard InChI is InChI=1S/C19H25N3O3/c23-18(20-14-10-13-21-11-4-3-6-15(14)21)9-5-12-22-16-7-1-2-8-17(16)25-19(22)24/h1-2,7-8,14-15H,3-6,9-13H2,(H,20,23)/t14-,15+/m1/s1. The minimum absolute atomic E-state index is 0.0956. The molecule has 0 radical (unpaired) electrons. The summed E-state index contributed by atoms with van der Waals surface area (Å²) >= 11 is 0. The topological polar surface area (TPSA) is 67.5 Å². The Morgan fingerprint density at radius 1 is 1.20 bits per heavy atom. The van der Waals surface area contributed by atoms with Crippen LogP contribution in [0.1, 0.15) is 38.5 Å². The molecule has 1 amide bonds. The van der Waals surface area contributed by atoms with Crippen molar-refractivity contribution in [1.29, 1.82) is 0 Å². The third-order valence-electron chi connectivity index (χ3n) is 5.56. The maximum Gasteiger partial charge on any atom is 0.419 e. The molecule has 0 saturated carbocycles. The maximum absolute atomic E-state index is 12.3. The van der Waals surface area contributed by atoms with Gasteiger partial charge in [0.05, 0.1) is 5.52 Å². The first-order chi connectivity index (χ1) is 12.2. The van der Waals surface area contributed by atoms with Crippen molar-refractivity contribution in [3.05, 3.63) is 34.8 Å². The van der Waals surface area contributed by atoms with E-state index in [0.717, 1.165) is 18.5 Å². The van der Waals surface area contributed by atoms with E-state index in [0.29, 0.717) is 37.1 Å². The second kappa shape index (κ2) is 7.04. The first-order valence-corrected chi connectivity index (χ1v) is 9.34. The third-order valence-corrected chi connectivity index (χ3v) is 5.56. The van der Waals surface area contributed by atoms with Crippen molar-refractivity contribution in [1.82, 2.24) is 14.8 Å². The first-order valence-electron chi connectivity index (χ1n) is 9.34. The number of carbonyl (C=O) groups is 1. The molecule has 2 aliphatic heterocycles. The van der Waals surface area contributed by atoms with Gasteiger partial charge in [0.25, 0.3) is 0 Å². The van der Waals surface area contributed by atoms with Gasteiger partial charge in [0.15, 0.2) is 5.58 Å². The molecule has 2 atom stereocenters. The van der Waals surface area contributed by atoms with E-state index in [1.165, 1.54) is 25.8 Å². The molecule has 2 saturated heterocycles. The van der Waals surface area contributed by atoms with Crippen molar-refractivity contribution in [2.75, 3.05) is 13.1 Å². The molecule has 0 spiro atoms. The van der Waals surface area contributed by atoms with Crippen molar-refractivity contribution < 1.29 is 9.21 Å². The monoisotopic (exact) mass is 343 g/mol. The summed E-state index contributed by atoms with van der Waals surface area (Å²) in [6.45, 7) is 2.78. The predicted octanol–water partition coefficient (Wildman–Crippen LogP) is 2.12. The number of aromatic nitrogens is 1. The van der Waals surface area contributed by atoms with Gasteiger partial charge in [0, 0.05) is 31.6 Å². The average molecular weight is 343 g/mol. The number of carbonyl (C=O) groups excluding carboxylic acids is 1. The Balaban J connectivity index is 1.30. The quantitative estimate of drug-likeness (QED) is 0.903. The highest BCUT2D eigenvalue weighted by Crippen LogP contribution is 2.27. The Morgan fingerprint density at radius 2 is 2.08 bits per heavy atom. The van der Waals surface area contributed by atoms with Crippen LogP contribution in [-0.4, -0.2) is 40.5 Å². The number of benzene rings is 1. The first kappa shape index (κ1) is 16.4. The fraction of sp³-hybridized carbons (Fsp3) is 0.579. The Kier molecular flexibility index (Phi) is 4.61. The lowest BCUT2D eigenvalue weighted by molar-refractivity contribution is -0.122. The molecule has 3 heterocycles. The van der Waals surface area contributed by atoms with E-state index in [4.69, 9.17) is 4.42 Å².